The minimum atomic E-state index is -3.30. The van der Waals surface area contributed by atoms with Crippen LogP contribution in [0.4, 0.5) is 0 Å². The van der Waals surface area contributed by atoms with Crippen molar-refractivity contribution in [2.24, 2.45) is 0 Å². The molecule has 0 aromatic carbocycles. The predicted octanol–water partition coefficient (Wildman–Crippen LogP) is 0.918. The van der Waals surface area contributed by atoms with Crippen molar-refractivity contribution >= 4 is 10.0 Å². The van der Waals surface area contributed by atoms with Crippen molar-refractivity contribution in [1.29, 1.82) is 0 Å². The molecule has 0 N–H and O–H groups in total. The Morgan fingerprint density at radius 2 is 2.38 bits per heavy atom. The fourth-order valence-electron chi connectivity index (χ4n) is 1.46. The van der Waals surface area contributed by atoms with Gasteiger partial charge >= 0.3 is 0 Å². The van der Waals surface area contributed by atoms with Gasteiger partial charge in [-0.15, -0.1) is 0 Å². The summed E-state index contributed by atoms with van der Waals surface area (Å²) in [5, 5.41) is 0.977. The van der Waals surface area contributed by atoms with Gasteiger partial charge in [0.25, 0.3) is 0 Å². The summed E-state index contributed by atoms with van der Waals surface area (Å²) in [7, 11) is -3.30. The standard InChI is InChI=1S/C8H15NO3S/c1-3-12-8-6-5-7-9(8)13(10,11)4-2/h4,8H,2-3,5-7H2,1H3. The van der Waals surface area contributed by atoms with Crippen molar-refractivity contribution in [2.45, 2.75) is 26.0 Å². The lowest BCUT2D eigenvalue weighted by atomic mass is 10.4. The molecule has 0 aromatic rings. The number of rotatable bonds is 4. The molecular weight excluding hydrogens is 190 g/mol. The maximum atomic E-state index is 11.4. The Hall–Kier alpha value is -0.390. The van der Waals surface area contributed by atoms with Crippen molar-refractivity contribution in [3.05, 3.63) is 12.0 Å². The smallest absolute Gasteiger partial charge is 0.237 e. The highest BCUT2D eigenvalue weighted by Crippen LogP contribution is 2.22. The van der Waals surface area contributed by atoms with Crippen molar-refractivity contribution in [3.8, 4) is 0 Å². The van der Waals surface area contributed by atoms with Crippen LogP contribution in [-0.2, 0) is 14.8 Å². The van der Waals surface area contributed by atoms with Gasteiger partial charge < -0.3 is 4.74 Å². The van der Waals surface area contributed by atoms with E-state index >= 15 is 0 Å². The maximum absolute atomic E-state index is 11.4. The van der Waals surface area contributed by atoms with Crippen molar-refractivity contribution in [1.82, 2.24) is 4.31 Å². The monoisotopic (exact) mass is 205 g/mol. The Morgan fingerprint density at radius 1 is 1.69 bits per heavy atom. The molecular formula is C8H15NO3S. The third kappa shape index (κ3) is 2.30. The zero-order valence-electron chi connectivity index (χ0n) is 7.77. The molecule has 0 spiro atoms. The molecule has 0 bridgehead atoms. The number of hydrogen-bond acceptors (Lipinski definition) is 3. The molecule has 5 heteroatoms. The molecule has 0 amide bonds. The van der Waals surface area contributed by atoms with Crippen LogP contribution in [0.3, 0.4) is 0 Å². The van der Waals surface area contributed by atoms with Crippen molar-refractivity contribution < 1.29 is 13.2 Å². The van der Waals surface area contributed by atoms with Gasteiger partial charge in [0.15, 0.2) is 0 Å². The summed E-state index contributed by atoms with van der Waals surface area (Å²) in [6, 6.07) is 0. The van der Waals surface area contributed by atoms with Crippen LogP contribution >= 0.6 is 0 Å². The Morgan fingerprint density at radius 3 is 2.92 bits per heavy atom. The molecule has 76 valence electrons. The largest absolute Gasteiger partial charge is 0.362 e. The molecule has 1 fully saturated rings. The van der Waals surface area contributed by atoms with Crippen LogP contribution in [0.2, 0.25) is 0 Å². The van der Waals surface area contributed by atoms with Gasteiger partial charge in [0.05, 0.1) is 0 Å². The van der Waals surface area contributed by atoms with E-state index in [1.54, 1.807) is 0 Å². The van der Waals surface area contributed by atoms with Gasteiger partial charge in [-0.05, 0) is 19.8 Å². The Bertz CT molecular complexity index is 273. The first-order valence-electron chi connectivity index (χ1n) is 4.37. The summed E-state index contributed by atoms with van der Waals surface area (Å²) in [6.45, 7) is 6.22. The van der Waals surface area contributed by atoms with Crippen LogP contribution in [-0.4, -0.2) is 32.1 Å². The van der Waals surface area contributed by atoms with Crippen LogP contribution in [0.25, 0.3) is 0 Å². The lowest BCUT2D eigenvalue weighted by Crippen LogP contribution is -2.35. The van der Waals surface area contributed by atoms with Gasteiger partial charge in [0, 0.05) is 18.6 Å². The second-order valence-electron chi connectivity index (χ2n) is 2.87. The number of hydrogen-bond donors (Lipinski definition) is 0. The topological polar surface area (TPSA) is 46.6 Å². The maximum Gasteiger partial charge on any atom is 0.237 e. The molecule has 1 unspecified atom stereocenters. The first-order valence-corrected chi connectivity index (χ1v) is 5.88. The molecule has 0 saturated carbocycles. The highest BCUT2D eigenvalue weighted by Gasteiger charge is 2.32. The van der Waals surface area contributed by atoms with Gasteiger partial charge in [0.2, 0.25) is 10.0 Å². The predicted molar refractivity (Wildman–Crippen MR) is 50.5 cm³/mol. The molecule has 1 heterocycles. The second-order valence-corrected chi connectivity index (χ2v) is 4.71. The molecule has 1 atom stereocenters. The summed E-state index contributed by atoms with van der Waals surface area (Å²) in [5.41, 5.74) is 0. The SMILES string of the molecule is C=CS(=O)(=O)N1CCCC1OCC. The average molecular weight is 205 g/mol. The van der Waals surface area contributed by atoms with Crippen molar-refractivity contribution in [3.63, 3.8) is 0 Å². The Labute approximate surface area is 79.2 Å². The van der Waals surface area contributed by atoms with Crippen LogP contribution in [0.1, 0.15) is 19.8 Å². The fourth-order valence-corrected chi connectivity index (χ4v) is 2.52. The van der Waals surface area contributed by atoms with Crippen LogP contribution in [0.5, 0.6) is 0 Å². The molecule has 4 nitrogen and oxygen atoms in total. The lowest BCUT2D eigenvalue weighted by molar-refractivity contribution is 0.00963. The van der Waals surface area contributed by atoms with E-state index in [1.165, 1.54) is 4.31 Å². The van der Waals surface area contributed by atoms with Gasteiger partial charge in [-0.25, -0.2) is 8.42 Å². The zero-order valence-corrected chi connectivity index (χ0v) is 8.59. The van der Waals surface area contributed by atoms with Crippen molar-refractivity contribution in [2.75, 3.05) is 13.2 Å². The molecule has 0 radical (unpaired) electrons. The van der Waals surface area contributed by atoms with E-state index in [4.69, 9.17) is 4.74 Å². The van der Waals surface area contributed by atoms with Crippen LogP contribution < -0.4 is 0 Å². The summed E-state index contributed by atoms with van der Waals surface area (Å²) in [4.78, 5) is 0. The van der Waals surface area contributed by atoms with Gasteiger partial charge in [-0.1, -0.05) is 6.58 Å². The minimum absolute atomic E-state index is 0.284. The van der Waals surface area contributed by atoms with E-state index in [-0.39, 0.29) is 6.23 Å². The third-order valence-corrected chi connectivity index (χ3v) is 3.54. The number of ether oxygens (including phenoxy) is 1. The molecule has 0 aromatic heterocycles. The third-order valence-electron chi connectivity index (χ3n) is 2.05. The molecule has 1 saturated heterocycles. The second kappa shape index (κ2) is 4.21. The quantitative estimate of drug-likeness (QED) is 0.685. The molecule has 1 aliphatic heterocycles. The molecule has 1 aliphatic rings. The summed E-state index contributed by atoms with van der Waals surface area (Å²) in [5.74, 6) is 0. The van der Waals surface area contributed by atoms with Gasteiger partial charge in [0.1, 0.15) is 6.23 Å². The van der Waals surface area contributed by atoms with E-state index in [2.05, 4.69) is 6.58 Å². The highest BCUT2D eigenvalue weighted by molar-refractivity contribution is 7.92. The lowest BCUT2D eigenvalue weighted by Gasteiger charge is -2.21. The zero-order chi connectivity index (χ0) is 9.90. The summed E-state index contributed by atoms with van der Waals surface area (Å²) < 4.78 is 29.5. The highest BCUT2D eigenvalue weighted by atomic mass is 32.2. The normalized spacial score (nSPS) is 24.8. The number of sulfonamides is 1. The fraction of sp³-hybridized carbons (Fsp3) is 0.750. The summed E-state index contributed by atoms with van der Waals surface area (Å²) in [6.07, 6.45) is 1.35. The first-order chi connectivity index (χ1) is 6.11. The first kappa shape index (κ1) is 10.7. The number of nitrogens with zero attached hydrogens (tertiary/aromatic N) is 1. The molecule has 1 rings (SSSR count). The van der Waals surface area contributed by atoms with E-state index < -0.39 is 10.0 Å². The Kier molecular flexibility index (Phi) is 3.47. The van der Waals surface area contributed by atoms with Crippen LogP contribution in [0.15, 0.2) is 12.0 Å². The summed E-state index contributed by atoms with van der Waals surface area (Å²) >= 11 is 0. The minimum Gasteiger partial charge on any atom is -0.362 e. The Balaban J connectivity index is 2.74. The molecule has 13 heavy (non-hydrogen) atoms. The van der Waals surface area contributed by atoms with E-state index in [9.17, 15) is 8.42 Å². The van der Waals surface area contributed by atoms with Gasteiger partial charge in [-0.2, -0.15) is 4.31 Å². The van der Waals surface area contributed by atoms with Gasteiger partial charge in [-0.3, -0.25) is 0 Å². The van der Waals surface area contributed by atoms with Crippen LogP contribution in [0, 0.1) is 0 Å². The van der Waals surface area contributed by atoms with E-state index in [0.717, 1.165) is 18.2 Å². The average Bonchev–Trinajstić information content (AvgIpc) is 2.54. The van der Waals surface area contributed by atoms with E-state index in [0.29, 0.717) is 13.2 Å². The molecule has 0 aliphatic carbocycles. The van der Waals surface area contributed by atoms with E-state index in [1.807, 2.05) is 6.92 Å².